The van der Waals surface area contributed by atoms with E-state index in [0.29, 0.717) is 15.9 Å². The van der Waals surface area contributed by atoms with Gasteiger partial charge >= 0.3 is 0 Å². The van der Waals surface area contributed by atoms with Gasteiger partial charge in [-0.15, -0.1) is 0 Å². The lowest BCUT2D eigenvalue weighted by Crippen LogP contribution is -2.22. The van der Waals surface area contributed by atoms with E-state index in [4.69, 9.17) is 10.2 Å². The second kappa shape index (κ2) is 5.14. The second-order valence-electron chi connectivity index (χ2n) is 3.67. The molecule has 0 aliphatic rings. The van der Waals surface area contributed by atoms with E-state index in [1.807, 2.05) is 0 Å². The smallest absolute Gasteiger partial charge is 0.287 e. The Morgan fingerprint density at radius 2 is 2.17 bits per heavy atom. The van der Waals surface area contributed by atoms with E-state index in [-0.39, 0.29) is 24.0 Å². The first-order chi connectivity index (χ1) is 8.56. The third kappa shape index (κ3) is 2.84. The van der Waals surface area contributed by atoms with Gasteiger partial charge in [0.05, 0.1) is 0 Å². The molecule has 5 nitrogen and oxygen atoms in total. The fourth-order valence-corrected chi connectivity index (χ4v) is 1.75. The maximum Gasteiger partial charge on any atom is 0.287 e. The maximum absolute atomic E-state index is 11.7. The third-order valence-electron chi connectivity index (χ3n) is 2.34. The highest BCUT2D eigenvalue weighted by Gasteiger charge is 2.11. The number of aromatic hydroxyl groups is 1. The van der Waals surface area contributed by atoms with Crippen LogP contribution in [0.4, 0.5) is 5.69 Å². The minimum atomic E-state index is -0.359. The summed E-state index contributed by atoms with van der Waals surface area (Å²) in [4.78, 5) is 11.7. The summed E-state index contributed by atoms with van der Waals surface area (Å²) in [6, 6.07) is 7.86. The van der Waals surface area contributed by atoms with Crippen molar-refractivity contribution in [3.05, 3.63) is 46.3 Å². The summed E-state index contributed by atoms with van der Waals surface area (Å²) in [6.45, 7) is 0.175. The molecule has 4 N–H and O–H groups in total. The Bertz CT molecular complexity index is 580. The number of furan rings is 1. The number of carbonyl (C=O) groups excluding carboxylic acids is 1. The lowest BCUT2D eigenvalue weighted by Gasteiger charge is -2.06. The number of hydrogen-bond acceptors (Lipinski definition) is 4. The number of carbonyl (C=O) groups is 1. The van der Waals surface area contributed by atoms with Gasteiger partial charge in [0, 0.05) is 17.8 Å². The molecule has 2 rings (SSSR count). The quantitative estimate of drug-likeness (QED) is 0.599. The van der Waals surface area contributed by atoms with Crippen LogP contribution in [0.5, 0.6) is 5.75 Å². The number of nitrogens with one attached hydrogen (secondary N) is 1. The molecule has 0 aliphatic heterocycles. The Balaban J connectivity index is 2.03. The number of halogens is 1. The average Bonchev–Trinajstić information content (AvgIpc) is 2.77. The summed E-state index contributed by atoms with van der Waals surface area (Å²) in [7, 11) is 0. The Kier molecular flexibility index (Phi) is 3.57. The van der Waals surface area contributed by atoms with Crippen molar-refractivity contribution < 1.29 is 14.3 Å². The van der Waals surface area contributed by atoms with Crippen molar-refractivity contribution in [3.63, 3.8) is 0 Å². The zero-order valence-electron chi connectivity index (χ0n) is 9.31. The van der Waals surface area contributed by atoms with Gasteiger partial charge in [0.2, 0.25) is 0 Å². The number of anilines is 1. The van der Waals surface area contributed by atoms with E-state index in [2.05, 4.69) is 21.2 Å². The number of nitrogens with two attached hydrogens (primary N) is 1. The summed E-state index contributed by atoms with van der Waals surface area (Å²) < 4.78 is 5.59. The molecule has 0 unspecified atom stereocenters. The van der Waals surface area contributed by atoms with Crippen LogP contribution in [-0.2, 0) is 6.54 Å². The van der Waals surface area contributed by atoms with Crippen molar-refractivity contribution in [1.82, 2.24) is 5.32 Å². The molecule has 0 saturated carbocycles. The van der Waals surface area contributed by atoms with E-state index in [1.54, 1.807) is 24.3 Å². The van der Waals surface area contributed by atoms with Gasteiger partial charge in [0.1, 0.15) is 5.75 Å². The molecule has 1 aromatic carbocycles. The number of phenolic OH excluding ortho intramolecular Hbond substituents is 1. The highest BCUT2D eigenvalue weighted by Crippen LogP contribution is 2.20. The molecule has 6 heteroatoms. The van der Waals surface area contributed by atoms with E-state index in [1.165, 1.54) is 6.07 Å². The summed E-state index contributed by atoms with van der Waals surface area (Å²) in [5.74, 6) is -0.0714. The summed E-state index contributed by atoms with van der Waals surface area (Å²) in [6.07, 6.45) is 0. The fraction of sp³-hybridized carbons (Fsp3) is 0.0833. The number of rotatable bonds is 3. The topological polar surface area (TPSA) is 88.5 Å². The first-order valence-corrected chi connectivity index (χ1v) is 5.96. The van der Waals surface area contributed by atoms with Crippen LogP contribution in [-0.4, -0.2) is 11.0 Å². The first-order valence-electron chi connectivity index (χ1n) is 5.17. The lowest BCUT2D eigenvalue weighted by molar-refractivity contribution is 0.0921. The molecule has 94 valence electrons. The number of nitrogen functional groups attached to an aromatic ring is 1. The number of benzene rings is 1. The minimum Gasteiger partial charge on any atom is -0.508 e. The van der Waals surface area contributed by atoms with Crippen LogP contribution >= 0.6 is 15.9 Å². The number of amides is 1. The average molecular weight is 311 g/mol. The number of hydrogen-bond donors (Lipinski definition) is 3. The molecule has 0 spiro atoms. The molecule has 0 atom stereocenters. The molecule has 1 heterocycles. The predicted octanol–water partition coefficient (Wildman–Crippen LogP) is 2.26. The zero-order chi connectivity index (χ0) is 13.1. The van der Waals surface area contributed by atoms with Gasteiger partial charge in [0.25, 0.3) is 5.91 Å². The number of phenols is 1. The maximum atomic E-state index is 11.7. The van der Waals surface area contributed by atoms with E-state index >= 15 is 0 Å². The van der Waals surface area contributed by atoms with Gasteiger partial charge in [-0.05, 0) is 46.3 Å². The highest BCUT2D eigenvalue weighted by molar-refractivity contribution is 9.10. The van der Waals surface area contributed by atoms with Crippen molar-refractivity contribution in [2.45, 2.75) is 6.54 Å². The first kappa shape index (κ1) is 12.5. The molecular formula is C12H11BrN2O3. The van der Waals surface area contributed by atoms with E-state index in [9.17, 15) is 9.90 Å². The lowest BCUT2D eigenvalue weighted by atomic mass is 10.2. The van der Waals surface area contributed by atoms with Crippen molar-refractivity contribution in [2.75, 3.05) is 5.73 Å². The molecule has 0 saturated heterocycles. The largest absolute Gasteiger partial charge is 0.508 e. The fourth-order valence-electron chi connectivity index (χ4n) is 1.45. The standard InChI is InChI=1S/C12H11BrN2O3/c13-11-4-3-10(18-11)12(17)15-6-7-5-8(14)1-2-9(7)16/h1-5,16H,6,14H2,(H,15,17). The SMILES string of the molecule is Nc1ccc(O)c(CNC(=O)c2ccc(Br)o2)c1. The highest BCUT2D eigenvalue weighted by atomic mass is 79.9. The Labute approximate surface area is 112 Å². The van der Waals surface area contributed by atoms with Gasteiger partial charge in [-0.3, -0.25) is 4.79 Å². The van der Waals surface area contributed by atoms with Crippen LogP contribution < -0.4 is 11.1 Å². The second-order valence-corrected chi connectivity index (χ2v) is 4.46. The third-order valence-corrected chi connectivity index (χ3v) is 2.77. The Hall–Kier alpha value is -1.95. The van der Waals surface area contributed by atoms with Gasteiger partial charge in [-0.1, -0.05) is 0 Å². The minimum absolute atomic E-state index is 0.0881. The molecule has 18 heavy (non-hydrogen) atoms. The molecule has 0 radical (unpaired) electrons. The molecular weight excluding hydrogens is 300 g/mol. The van der Waals surface area contributed by atoms with Crippen LogP contribution in [0.25, 0.3) is 0 Å². The Morgan fingerprint density at radius 1 is 1.39 bits per heavy atom. The van der Waals surface area contributed by atoms with Gasteiger partial charge in [-0.25, -0.2) is 0 Å². The van der Waals surface area contributed by atoms with Gasteiger partial charge < -0.3 is 20.6 Å². The summed E-state index contributed by atoms with van der Waals surface area (Å²) >= 11 is 3.11. The zero-order valence-corrected chi connectivity index (χ0v) is 10.9. The van der Waals surface area contributed by atoms with Crippen LogP contribution in [0.15, 0.2) is 39.4 Å². The van der Waals surface area contributed by atoms with Crippen LogP contribution in [0.3, 0.4) is 0 Å². The summed E-state index contributed by atoms with van der Waals surface area (Å²) in [5, 5.41) is 12.2. The Morgan fingerprint density at radius 3 is 2.83 bits per heavy atom. The molecule has 1 amide bonds. The van der Waals surface area contributed by atoms with Gasteiger partial charge in [0.15, 0.2) is 10.4 Å². The van der Waals surface area contributed by atoms with Crippen LogP contribution in [0.1, 0.15) is 16.1 Å². The van der Waals surface area contributed by atoms with Crippen LogP contribution in [0.2, 0.25) is 0 Å². The molecule has 2 aromatic rings. The van der Waals surface area contributed by atoms with Gasteiger partial charge in [-0.2, -0.15) is 0 Å². The molecule has 0 fully saturated rings. The normalized spacial score (nSPS) is 10.3. The van der Waals surface area contributed by atoms with Crippen molar-refractivity contribution in [2.24, 2.45) is 0 Å². The van der Waals surface area contributed by atoms with Crippen molar-refractivity contribution in [1.29, 1.82) is 0 Å². The monoisotopic (exact) mass is 310 g/mol. The predicted molar refractivity (Wildman–Crippen MR) is 70.1 cm³/mol. The van der Waals surface area contributed by atoms with E-state index < -0.39 is 0 Å². The molecule has 0 aliphatic carbocycles. The van der Waals surface area contributed by atoms with E-state index in [0.717, 1.165) is 0 Å². The van der Waals surface area contributed by atoms with Crippen LogP contribution in [0, 0.1) is 0 Å². The molecule has 1 aromatic heterocycles. The van der Waals surface area contributed by atoms with Crippen molar-refractivity contribution in [3.8, 4) is 5.75 Å². The van der Waals surface area contributed by atoms with Crippen molar-refractivity contribution >= 4 is 27.5 Å². The molecule has 0 bridgehead atoms. The summed E-state index contributed by atoms with van der Waals surface area (Å²) in [5.41, 5.74) is 6.68.